The van der Waals surface area contributed by atoms with E-state index in [2.05, 4.69) is 5.32 Å². The molecule has 0 radical (unpaired) electrons. The monoisotopic (exact) mass is 362 g/mol. The lowest BCUT2D eigenvalue weighted by molar-refractivity contribution is -0.158. The molecule has 4 nitrogen and oxygen atoms in total. The molecule has 1 N–H and O–H groups in total. The Morgan fingerprint density at radius 1 is 1.20 bits per heavy atom. The summed E-state index contributed by atoms with van der Waals surface area (Å²) in [7, 11) is 0. The van der Waals surface area contributed by atoms with E-state index >= 15 is 0 Å². The summed E-state index contributed by atoms with van der Waals surface area (Å²) in [5.41, 5.74) is 0.897. The summed E-state index contributed by atoms with van der Waals surface area (Å²) in [5.74, 6) is 1.07. The zero-order valence-corrected chi connectivity index (χ0v) is 15.4. The van der Waals surface area contributed by atoms with Crippen molar-refractivity contribution >= 4 is 17.5 Å². The third kappa shape index (κ3) is 4.02. The van der Waals surface area contributed by atoms with Gasteiger partial charge in [-0.05, 0) is 68.8 Å². The smallest absolute Gasteiger partial charge is 0.229 e. The van der Waals surface area contributed by atoms with Crippen LogP contribution in [0.2, 0.25) is 5.02 Å². The normalized spacial score (nSPS) is 26.2. The Hall–Kier alpha value is -1.10. The first-order valence-corrected chi connectivity index (χ1v) is 9.89. The van der Waals surface area contributed by atoms with Gasteiger partial charge in [0.25, 0.3) is 0 Å². The van der Waals surface area contributed by atoms with Crippen LogP contribution in [-0.4, -0.2) is 43.2 Å². The third-order valence-corrected chi connectivity index (χ3v) is 6.15. The van der Waals surface area contributed by atoms with Crippen molar-refractivity contribution in [3.8, 4) is 0 Å². The lowest BCUT2D eigenvalue weighted by atomic mass is 9.71. The van der Waals surface area contributed by atoms with Crippen molar-refractivity contribution in [1.29, 1.82) is 0 Å². The lowest BCUT2D eigenvalue weighted by Crippen LogP contribution is -2.57. The second kappa shape index (κ2) is 7.26. The van der Waals surface area contributed by atoms with Crippen LogP contribution in [-0.2, 0) is 16.1 Å². The fourth-order valence-electron chi connectivity index (χ4n) is 4.19. The molecule has 4 rings (SSSR count). The van der Waals surface area contributed by atoms with Gasteiger partial charge < -0.3 is 15.0 Å². The highest BCUT2D eigenvalue weighted by Gasteiger charge is 2.48. The Balaban J connectivity index is 1.50. The second-order valence-electron chi connectivity index (χ2n) is 7.95. The first kappa shape index (κ1) is 17.3. The minimum atomic E-state index is -0.232. The van der Waals surface area contributed by atoms with Crippen LogP contribution in [0.25, 0.3) is 0 Å². The number of likely N-dealkylation sites (tertiary alicyclic amines) is 1. The van der Waals surface area contributed by atoms with Crippen molar-refractivity contribution in [2.45, 2.75) is 44.8 Å². The molecule has 0 aromatic heterocycles. The number of nitrogens with zero attached hydrogens (tertiary/aromatic N) is 1. The van der Waals surface area contributed by atoms with Crippen LogP contribution < -0.4 is 5.32 Å². The average molecular weight is 363 g/mol. The number of carbonyl (C=O) groups is 1. The summed E-state index contributed by atoms with van der Waals surface area (Å²) in [4.78, 5) is 15.3. The highest BCUT2D eigenvalue weighted by molar-refractivity contribution is 6.30. The molecule has 2 saturated heterocycles. The maximum atomic E-state index is 13.3. The first-order valence-electron chi connectivity index (χ1n) is 9.51. The summed E-state index contributed by atoms with van der Waals surface area (Å²) in [6, 6.07) is 7.82. The summed E-state index contributed by atoms with van der Waals surface area (Å²) >= 11 is 5.99. The molecule has 1 aromatic carbocycles. The zero-order valence-electron chi connectivity index (χ0n) is 14.7. The molecule has 1 saturated carbocycles. The quantitative estimate of drug-likeness (QED) is 0.874. The van der Waals surface area contributed by atoms with E-state index in [9.17, 15) is 4.79 Å². The van der Waals surface area contributed by atoms with E-state index in [4.69, 9.17) is 16.3 Å². The van der Waals surface area contributed by atoms with Crippen molar-refractivity contribution in [2.24, 2.45) is 11.3 Å². The van der Waals surface area contributed by atoms with Crippen LogP contribution in [0.15, 0.2) is 24.3 Å². The van der Waals surface area contributed by atoms with Crippen LogP contribution in [0.4, 0.5) is 0 Å². The molecule has 1 aromatic rings. The number of hydrogen-bond donors (Lipinski definition) is 1. The molecule has 1 amide bonds. The Bertz CT molecular complexity index is 609. The van der Waals surface area contributed by atoms with Crippen LogP contribution in [0.1, 0.15) is 37.7 Å². The van der Waals surface area contributed by atoms with Gasteiger partial charge in [0.15, 0.2) is 0 Å². The fraction of sp³-hybridized carbons (Fsp3) is 0.650. The van der Waals surface area contributed by atoms with Gasteiger partial charge in [-0.15, -0.1) is 0 Å². The predicted molar refractivity (Wildman–Crippen MR) is 98.5 cm³/mol. The van der Waals surface area contributed by atoms with Crippen LogP contribution in [0, 0.1) is 11.3 Å². The summed E-state index contributed by atoms with van der Waals surface area (Å²) < 4.78 is 6.23. The molecular weight excluding hydrogens is 336 g/mol. The molecule has 2 aliphatic heterocycles. The summed E-state index contributed by atoms with van der Waals surface area (Å²) in [6.07, 6.45) is 5.50. The van der Waals surface area contributed by atoms with Gasteiger partial charge in [0.05, 0.1) is 11.5 Å². The lowest BCUT2D eigenvalue weighted by Gasteiger charge is -2.47. The number of halogens is 1. The molecule has 3 aliphatic rings. The van der Waals surface area contributed by atoms with E-state index < -0.39 is 0 Å². The number of piperidine rings is 2. The zero-order chi connectivity index (χ0) is 17.3. The maximum Gasteiger partial charge on any atom is 0.229 e. The molecule has 1 atom stereocenters. The molecular formula is C20H27ClN2O2. The molecule has 1 aliphatic carbocycles. The van der Waals surface area contributed by atoms with Gasteiger partial charge in [0.1, 0.15) is 0 Å². The Labute approximate surface area is 154 Å². The van der Waals surface area contributed by atoms with Gasteiger partial charge in [0, 0.05) is 24.7 Å². The Kier molecular flexibility index (Phi) is 5.03. The Morgan fingerprint density at radius 2 is 1.92 bits per heavy atom. The van der Waals surface area contributed by atoms with Crippen LogP contribution in [0.3, 0.4) is 0 Å². The van der Waals surface area contributed by atoms with Crippen molar-refractivity contribution < 1.29 is 9.53 Å². The number of carbonyl (C=O) groups excluding carboxylic acids is 1. The summed E-state index contributed by atoms with van der Waals surface area (Å²) in [5, 5.41) is 4.13. The van der Waals surface area contributed by atoms with E-state index in [0.717, 1.165) is 55.5 Å². The van der Waals surface area contributed by atoms with E-state index in [0.29, 0.717) is 19.0 Å². The standard InChI is InChI=1S/C20H27ClN2O2/c21-17-5-3-15(4-6-17)12-23-13-18(25-14-16-1-2-16)11-20(19(23)24)7-9-22-10-8-20/h3-6,16,18,22H,1-2,7-14H2. The number of amides is 1. The number of rotatable bonds is 5. The molecule has 1 unspecified atom stereocenters. The fourth-order valence-corrected chi connectivity index (χ4v) is 4.32. The van der Waals surface area contributed by atoms with Gasteiger partial charge in [0.2, 0.25) is 5.91 Å². The molecule has 1 spiro atoms. The van der Waals surface area contributed by atoms with E-state index in [1.54, 1.807) is 0 Å². The predicted octanol–water partition coefficient (Wildman–Crippen LogP) is 3.24. The van der Waals surface area contributed by atoms with E-state index in [1.807, 2.05) is 29.2 Å². The highest BCUT2D eigenvalue weighted by atomic mass is 35.5. The van der Waals surface area contributed by atoms with Crippen LogP contribution >= 0.6 is 11.6 Å². The Morgan fingerprint density at radius 3 is 2.60 bits per heavy atom. The van der Waals surface area contributed by atoms with Gasteiger partial charge >= 0.3 is 0 Å². The largest absolute Gasteiger partial charge is 0.376 e. The number of ether oxygens (including phenoxy) is 1. The number of hydrogen-bond acceptors (Lipinski definition) is 3. The van der Waals surface area contributed by atoms with Crippen molar-refractivity contribution in [1.82, 2.24) is 10.2 Å². The second-order valence-corrected chi connectivity index (χ2v) is 8.38. The number of nitrogens with one attached hydrogen (secondary N) is 1. The minimum Gasteiger partial charge on any atom is -0.376 e. The average Bonchev–Trinajstić information content (AvgIpc) is 3.45. The topological polar surface area (TPSA) is 41.6 Å². The van der Waals surface area contributed by atoms with E-state index in [1.165, 1.54) is 12.8 Å². The first-order chi connectivity index (χ1) is 12.1. The SMILES string of the molecule is O=C1N(Cc2ccc(Cl)cc2)CC(OCC2CC2)CC12CCNCC2. The highest BCUT2D eigenvalue weighted by Crippen LogP contribution is 2.41. The van der Waals surface area contributed by atoms with Gasteiger partial charge in [-0.1, -0.05) is 23.7 Å². The molecule has 3 fully saturated rings. The minimum absolute atomic E-state index is 0.170. The van der Waals surface area contributed by atoms with Crippen LogP contribution in [0.5, 0.6) is 0 Å². The summed E-state index contributed by atoms with van der Waals surface area (Å²) in [6.45, 7) is 4.07. The molecule has 5 heteroatoms. The van der Waals surface area contributed by atoms with Gasteiger partial charge in [-0.25, -0.2) is 0 Å². The molecule has 136 valence electrons. The van der Waals surface area contributed by atoms with Crippen molar-refractivity contribution in [2.75, 3.05) is 26.2 Å². The van der Waals surface area contributed by atoms with Gasteiger partial charge in [-0.2, -0.15) is 0 Å². The molecule has 25 heavy (non-hydrogen) atoms. The molecule has 0 bridgehead atoms. The number of benzene rings is 1. The van der Waals surface area contributed by atoms with E-state index in [-0.39, 0.29) is 11.5 Å². The van der Waals surface area contributed by atoms with Gasteiger partial charge in [-0.3, -0.25) is 4.79 Å². The van der Waals surface area contributed by atoms with Crippen molar-refractivity contribution in [3.05, 3.63) is 34.9 Å². The third-order valence-electron chi connectivity index (χ3n) is 5.90. The van der Waals surface area contributed by atoms with Crippen molar-refractivity contribution in [3.63, 3.8) is 0 Å². The maximum absolute atomic E-state index is 13.3. The molecule has 2 heterocycles.